The lowest BCUT2D eigenvalue weighted by Crippen LogP contribution is -2.15. The van der Waals surface area contributed by atoms with Gasteiger partial charge < -0.3 is 11.1 Å². The second-order valence-corrected chi connectivity index (χ2v) is 5.51. The van der Waals surface area contributed by atoms with E-state index in [-0.39, 0.29) is 17.3 Å². The predicted octanol–water partition coefficient (Wildman–Crippen LogP) is 4.00. The summed E-state index contributed by atoms with van der Waals surface area (Å²) in [6, 6.07) is 8.99. The van der Waals surface area contributed by atoms with E-state index in [9.17, 15) is 13.6 Å². The molecule has 0 radical (unpaired) electrons. The summed E-state index contributed by atoms with van der Waals surface area (Å²) in [5.74, 6) is -2.69. The van der Waals surface area contributed by atoms with E-state index in [1.54, 1.807) is 0 Å². The highest BCUT2D eigenvalue weighted by molar-refractivity contribution is 9.10. The number of carbonyl (C=O) groups excluding carboxylic acids is 1. The number of hydrogen-bond acceptors (Lipinski definition) is 2. The minimum Gasteiger partial charge on any atom is -0.376 e. The van der Waals surface area contributed by atoms with E-state index in [0.717, 1.165) is 16.1 Å². The van der Waals surface area contributed by atoms with Gasteiger partial charge in [0, 0.05) is 16.6 Å². The highest BCUT2D eigenvalue weighted by atomic mass is 79.9. The fourth-order valence-corrected chi connectivity index (χ4v) is 2.18. The van der Waals surface area contributed by atoms with Gasteiger partial charge in [0.2, 0.25) is 0 Å². The fraction of sp³-hybridized carbons (Fsp3) is 0.133. The first kappa shape index (κ1) is 15.4. The van der Waals surface area contributed by atoms with Crippen LogP contribution in [0.3, 0.4) is 0 Å². The molecule has 0 saturated heterocycles. The molecular weight excluding hydrogens is 342 g/mol. The average Bonchev–Trinajstić information content (AvgIpc) is 2.42. The van der Waals surface area contributed by atoms with Gasteiger partial charge in [-0.3, -0.25) is 4.79 Å². The van der Waals surface area contributed by atoms with E-state index in [1.807, 2.05) is 31.2 Å². The van der Waals surface area contributed by atoms with Crippen LogP contribution in [-0.2, 0) is 0 Å². The Labute approximate surface area is 129 Å². The molecule has 1 unspecified atom stereocenters. The van der Waals surface area contributed by atoms with Gasteiger partial charge in [-0.1, -0.05) is 28.1 Å². The summed E-state index contributed by atoms with van der Waals surface area (Å²) in [7, 11) is 0. The predicted molar refractivity (Wildman–Crippen MR) is 81.1 cm³/mol. The molecule has 0 aliphatic rings. The third-order valence-electron chi connectivity index (χ3n) is 3.06. The van der Waals surface area contributed by atoms with Crippen molar-refractivity contribution < 1.29 is 13.6 Å². The van der Waals surface area contributed by atoms with Crippen molar-refractivity contribution in [3.63, 3.8) is 0 Å². The van der Waals surface area contributed by atoms with Gasteiger partial charge in [-0.05, 0) is 30.7 Å². The van der Waals surface area contributed by atoms with Crippen LogP contribution in [0.5, 0.6) is 0 Å². The zero-order valence-corrected chi connectivity index (χ0v) is 12.7. The van der Waals surface area contributed by atoms with E-state index in [4.69, 9.17) is 5.73 Å². The van der Waals surface area contributed by atoms with Gasteiger partial charge >= 0.3 is 0 Å². The van der Waals surface area contributed by atoms with Gasteiger partial charge in [0.25, 0.3) is 5.91 Å². The van der Waals surface area contributed by atoms with Crippen molar-refractivity contribution in [1.29, 1.82) is 0 Å². The van der Waals surface area contributed by atoms with E-state index in [2.05, 4.69) is 21.2 Å². The van der Waals surface area contributed by atoms with Crippen molar-refractivity contribution in [2.24, 2.45) is 5.73 Å². The van der Waals surface area contributed by atoms with Crippen LogP contribution >= 0.6 is 15.9 Å². The number of carbonyl (C=O) groups is 1. The molecule has 1 atom stereocenters. The van der Waals surface area contributed by atoms with Gasteiger partial charge in [0.1, 0.15) is 11.6 Å². The minimum absolute atomic E-state index is 0.0284. The van der Waals surface area contributed by atoms with Gasteiger partial charge in [0.15, 0.2) is 0 Å². The number of primary amides is 1. The summed E-state index contributed by atoms with van der Waals surface area (Å²) >= 11 is 3.33. The number of nitrogens with one attached hydrogen (secondary N) is 1. The molecule has 110 valence electrons. The SMILES string of the molecule is CC(Nc1cc(C(N)=O)c(F)cc1F)c1ccc(Br)cc1. The largest absolute Gasteiger partial charge is 0.376 e. The maximum absolute atomic E-state index is 13.8. The topological polar surface area (TPSA) is 55.1 Å². The first-order valence-electron chi connectivity index (χ1n) is 6.19. The van der Waals surface area contributed by atoms with E-state index < -0.39 is 17.5 Å². The second kappa shape index (κ2) is 6.22. The molecule has 2 aromatic carbocycles. The molecule has 0 aliphatic carbocycles. The molecule has 0 fully saturated rings. The monoisotopic (exact) mass is 354 g/mol. The summed E-state index contributed by atoms with van der Waals surface area (Å²) in [6.45, 7) is 1.83. The lowest BCUT2D eigenvalue weighted by molar-refractivity contribution is 0.0996. The second-order valence-electron chi connectivity index (χ2n) is 4.59. The molecule has 3 nitrogen and oxygen atoms in total. The summed E-state index contributed by atoms with van der Waals surface area (Å²) in [5, 5.41) is 2.90. The Kier molecular flexibility index (Phi) is 4.57. The summed E-state index contributed by atoms with van der Waals surface area (Å²) in [5.41, 5.74) is 5.66. The molecule has 2 rings (SSSR count). The van der Waals surface area contributed by atoms with E-state index in [0.29, 0.717) is 6.07 Å². The Balaban J connectivity index is 2.28. The molecule has 0 heterocycles. The molecule has 0 aromatic heterocycles. The van der Waals surface area contributed by atoms with Crippen LogP contribution in [0.1, 0.15) is 28.9 Å². The maximum Gasteiger partial charge on any atom is 0.251 e. The first-order chi connectivity index (χ1) is 9.88. The zero-order valence-electron chi connectivity index (χ0n) is 11.2. The highest BCUT2D eigenvalue weighted by Gasteiger charge is 2.15. The molecular formula is C15H13BrF2N2O. The lowest BCUT2D eigenvalue weighted by atomic mass is 10.1. The van der Waals surface area contributed by atoms with Crippen molar-refractivity contribution in [2.75, 3.05) is 5.32 Å². The number of nitrogens with two attached hydrogens (primary N) is 1. The molecule has 0 spiro atoms. The van der Waals surface area contributed by atoms with Crippen LogP contribution in [0.4, 0.5) is 14.5 Å². The molecule has 21 heavy (non-hydrogen) atoms. The van der Waals surface area contributed by atoms with Crippen LogP contribution < -0.4 is 11.1 Å². The lowest BCUT2D eigenvalue weighted by Gasteiger charge is -2.17. The molecule has 1 amide bonds. The van der Waals surface area contributed by atoms with Crippen LogP contribution in [0.15, 0.2) is 40.9 Å². The Morgan fingerprint density at radius 1 is 1.19 bits per heavy atom. The molecule has 2 aromatic rings. The Morgan fingerprint density at radius 2 is 1.81 bits per heavy atom. The number of hydrogen-bond donors (Lipinski definition) is 2. The third-order valence-corrected chi connectivity index (χ3v) is 3.59. The third kappa shape index (κ3) is 3.58. The maximum atomic E-state index is 13.8. The van der Waals surface area contributed by atoms with Gasteiger partial charge in [-0.2, -0.15) is 0 Å². The van der Waals surface area contributed by atoms with Crippen molar-refractivity contribution in [1.82, 2.24) is 0 Å². The first-order valence-corrected chi connectivity index (χ1v) is 6.98. The van der Waals surface area contributed by atoms with Crippen molar-refractivity contribution in [3.8, 4) is 0 Å². The zero-order chi connectivity index (χ0) is 15.6. The number of rotatable bonds is 4. The van der Waals surface area contributed by atoms with Crippen LogP contribution in [0, 0.1) is 11.6 Å². The van der Waals surface area contributed by atoms with E-state index >= 15 is 0 Å². The highest BCUT2D eigenvalue weighted by Crippen LogP contribution is 2.25. The van der Waals surface area contributed by atoms with Crippen molar-refractivity contribution in [3.05, 3.63) is 63.6 Å². The van der Waals surface area contributed by atoms with Gasteiger partial charge in [-0.15, -0.1) is 0 Å². The van der Waals surface area contributed by atoms with Crippen molar-refractivity contribution in [2.45, 2.75) is 13.0 Å². The summed E-state index contributed by atoms with van der Waals surface area (Å²) < 4.78 is 28.1. The van der Waals surface area contributed by atoms with Crippen LogP contribution in [0.25, 0.3) is 0 Å². The Hall–Kier alpha value is -1.95. The van der Waals surface area contributed by atoms with Crippen LogP contribution in [0.2, 0.25) is 0 Å². The number of amides is 1. The molecule has 6 heteroatoms. The summed E-state index contributed by atoms with van der Waals surface area (Å²) in [4.78, 5) is 11.1. The molecule has 3 N–H and O–H groups in total. The fourth-order valence-electron chi connectivity index (χ4n) is 1.92. The quantitative estimate of drug-likeness (QED) is 0.871. The average molecular weight is 355 g/mol. The van der Waals surface area contributed by atoms with Crippen molar-refractivity contribution >= 4 is 27.5 Å². The van der Waals surface area contributed by atoms with Gasteiger partial charge in [-0.25, -0.2) is 8.78 Å². The standard InChI is InChI=1S/C15H13BrF2N2O/c1-8(9-2-4-10(16)5-3-9)20-14-6-11(15(19)21)12(17)7-13(14)18/h2-8,20H,1H3,(H2,19,21). The van der Waals surface area contributed by atoms with Crippen LogP contribution in [-0.4, -0.2) is 5.91 Å². The van der Waals surface area contributed by atoms with E-state index in [1.165, 1.54) is 0 Å². The Morgan fingerprint density at radius 3 is 2.38 bits per heavy atom. The summed E-state index contributed by atoms with van der Waals surface area (Å²) in [6.07, 6.45) is 0. The number of anilines is 1. The smallest absolute Gasteiger partial charge is 0.251 e. The molecule has 0 aliphatic heterocycles. The minimum atomic E-state index is -0.971. The Bertz CT molecular complexity index is 674. The van der Waals surface area contributed by atoms with Gasteiger partial charge in [0.05, 0.1) is 11.3 Å². The normalized spacial score (nSPS) is 12.0. The number of halogens is 3. The number of benzene rings is 2. The molecule has 0 saturated carbocycles. The molecule has 0 bridgehead atoms.